The fourth-order valence-corrected chi connectivity index (χ4v) is 7.39. The summed E-state index contributed by atoms with van der Waals surface area (Å²) >= 11 is 0. The lowest BCUT2D eigenvalue weighted by Gasteiger charge is -2.60. The first kappa shape index (κ1) is 15.0. The Bertz CT molecular complexity index is 496. The summed E-state index contributed by atoms with van der Waals surface area (Å²) in [4.78, 5) is 0. The Balaban J connectivity index is 1.61. The van der Waals surface area contributed by atoms with Crippen LogP contribution in [0.3, 0.4) is 0 Å². The van der Waals surface area contributed by atoms with Gasteiger partial charge in [-0.2, -0.15) is 5.26 Å². The summed E-state index contributed by atoms with van der Waals surface area (Å²) < 4.78 is 0. The number of fused-ring (bicyclic) bond motifs is 5. The van der Waals surface area contributed by atoms with Crippen molar-refractivity contribution < 1.29 is 5.11 Å². The maximum Gasteiger partial charge on any atom is 0.0656 e. The van der Waals surface area contributed by atoms with Crippen LogP contribution in [0.15, 0.2) is 0 Å². The molecule has 4 aliphatic rings. The molecule has 0 aromatic heterocycles. The number of hydrogen-bond acceptors (Lipinski definition) is 2. The molecule has 0 amide bonds. The van der Waals surface area contributed by atoms with Gasteiger partial charge in [-0.1, -0.05) is 13.8 Å². The second-order valence-corrected chi connectivity index (χ2v) is 9.54. The summed E-state index contributed by atoms with van der Waals surface area (Å²) in [5, 5.41) is 19.5. The Morgan fingerprint density at radius 2 is 1.82 bits per heavy atom. The molecular formula is C20H31NO. The van der Waals surface area contributed by atoms with E-state index in [-0.39, 0.29) is 6.10 Å². The lowest BCUT2D eigenvalue weighted by molar-refractivity contribution is -0.120. The Morgan fingerprint density at radius 3 is 2.59 bits per heavy atom. The first-order valence-electron chi connectivity index (χ1n) is 9.54. The van der Waals surface area contributed by atoms with Gasteiger partial charge in [-0.15, -0.1) is 0 Å². The molecule has 0 aliphatic heterocycles. The second kappa shape index (κ2) is 4.97. The SMILES string of the molecule is C[C@@]12CC[C@@H]3[C@H](CC[C@H]4C[C@@H](O)CC[C@]43C)[C@H]1C[C@@H](C#N)C2. The predicted octanol–water partition coefficient (Wildman–Crippen LogP) is 4.53. The predicted molar refractivity (Wildman–Crippen MR) is 86.8 cm³/mol. The number of nitriles is 1. The van der Waals surface area contributed by atoms with E-state index in [1.54, 1.807) is 0 Å². The van der Waals surface area contributed by atoms with Crippen molar-refractivity contribution in [2.75, 3.05) is 0 Å². The highest BCUT2D eigenvalue weighted by atomic mass is 16.3. The third-order valence-electron chi connectivity index (χ3n) is 8.59. The van der Waals surface area contributed by atoms with Gasteiger partial charge in [-0.05, 0) is 92.3 Å². The third-order valence-corrected chi connectivity index (χ3v) is 8.59. The Hall–Kier alpha value is -0.550. The van der Waals surface area contributed by atoms with E-state index in [0.29, 0.717) is 16.7 Å². The standard InChI is InChI=1S/C20H31NO/c1-19-7-6-17-16(18(19)9-13(11-19)12-21)4-3-14-10-15(22)5-8-20(14,17)2/h13-18,22H,3-11H2,1-2H3/t13-,14+,15+,16+,17-,18-,19+,20-/m1/s1. The van der Waals surface area contributed by atoms with Crippen LogP contribution in [0.4, 0.5) is 0 Å². The molecule has 1 N–H and O–H groups in total. The van der Waals surface area contributed by atoms with Gasteiger partial charge in [0.25, 0.3) is 0 Å². The Kier molecular flexibility index (Phi) is 3.39. The molecule has 2 heteroatoms. The van der Waals surface area contributed by atoms with Gasteiger partial charge in [0, 0.05) is 5.92 Å². The van der Waals surface area contributed by atoms with E-state index in [1.165, 1.54) is 32.1 Å². The zero-order valence-electron chi connectivity index (χ0n) is 14.2. The molecule has 4 rings (SSSR count). The molecule has 0 heterocycles. The Morgan fingerprint density at radius 1 is 1.00 bits per heavy atom. The van der Waals surface area contributed by atoms with E-state index in [0.717, 1.165) is 49.4 Å². The molecule has 4 aliphatic carbocycles. The topological polar surface area (TPSA) is 44.0 Å². The normalized spacial score (nSPS) is 57.4. The zero-order valence-corrected chi connectivity index (χ0v) is 14.2. The van der Waals surface area contributed by atoms with Gasteiger partial charge >= 0.3 is 0 Å². The van der Waals surface area contributed by atoms with E-state index in [1.807, 2.05) is 0 Å². The first-order valence-corrected chi connectivity index (χ1v) is 9.54. The molecular weight excluding hydrogens is 270 g/mol. The zero-order chi connectivity index (χ0) is 15.5. The molecule has 0 saturated heterocycles. The number of rotatable bonds is 0. The average molecular weight is 301 g/mol. The maximum atomic E-state index is 10.1. The number of hydrogen-bond donors (Lipinski definition) is 1. The van der Waals surface area contributed by atoms with Gasteiger partial charge in [0.1, 0.15) is 0 Å². The smallest absolute Gasteiger partial charge is 0.0656 e. The summed E-state index contributed by atoms with van der Waals surface area (Å²) in [5.41, 5.74) is 0.910. The highest BCUT2D eigenvalue weighted by Crippen LogP contribution is 2.66. The lowest BCUT2D eigenvalue weighted by Crippen LogP contribution is -2.53. The van der Waals surface area contributed by atoms with Gasteiger partial charge in [-0.3, -0.25) is 0 Å². The highest BCUT2D eigenvalue weighted by Gasteiger charge is 2.59. The molecule has 0 bridgehead atoms. The summed E-state index contributed by atoms with van der Waals surface area (Å²) in [5.74, 6) is 3.56. The molecule has 0 aromatic rings. The summed E-state index contributed by atoms with van der Waals surface area (Å²) in [6, 6.07) is 2.58. The molecule has 22 heavy (non-hydrogen) atoms. The van der Waals surface area contributed by atoms with Crippen LogP contribution >= 0.6 is 0 Å². The molecule has 4 fully saturated rings. The molecule has 0 spiro atoms. The van der Waals surface area contributed by atoms with Crippen molar-refractivity contribution in [1.29, 1.82) is 5.26 Å². The Labute approximate surface area is 135 Å². The van der Waals surface area contributed by atoms with E-state index >= 15 is 0 Å². The van der Waals surface area contributed by atoms with E-state index < -0.39 is 0 Å². The van der Waals surface area contributed by atoms with Crippen molar-refractivity contribution >= 4 is 0 Å². The van der Waals surface area contributed by atoms with Gasteiger partial charge < -0.3 is 5.11 Å². The van der Waals surface area contributed by atoms with E-state index in [4.69, 9.17) is 0 Å². The van der Waals surface area contributed by atoms with Crippen LogP contribution in [0, 0.1) is 51.8 Å². The quantitative estimate of drug-likeness (QED) is 0.714. The van der Waals surface area contributed by atoms with Crippen LogP contribution in [0.5, 0.6) is 0 Å². The average Bonchev–Trinajstić information content (AvgIpc) is 2.85. The van der Waals surface area contributed by atoms with Gasteiger partial charge in [-0.25, -0.2) is 0 Å². The number of nitrogens with zero attached hydrogens (tertiary/aromatic N) is 1. The minimum absolute atomic E-state index is 0.0436. The van der Waals surface area contributed by atoms with Crippen LogP contribution in [0.25, 0.3) is 0 Å². The van der Waals surface area contributed by atoms with Crippen molar-refractivity contribution in [2.24, 2.45) is 40.4 Å². The van der Waals surface area contributed by atoms with Gasteiger partial charge in [0.2, 0.25) is 0 Å². The second-order valence-electron chi connectivity index (χ2n) is 9.54. The highest BCUT2D eigenvalue weighted by molar-refractivity contribution is 5.10. The fraction of sp³-hybridized carbons (Fsp3) is 0.950. The van der Waals surface area contributed by atoms with Crippen molar-refractivity contribution in [3.63, 3.8) is 0 Å². The number of aliphatic hydroxyl groups is 1. The van der Waals surface area contributed by atoms with Crippen molar-refractivity contribution in [1.82, 2.24) is 0 Å². The first-order chi connectivity index (χ1) is 10.5. The third kappa shape index (κ3) is 2.01. The van der Waals surface area contributed by atoms with E-state index in [9.17, 15) is 10.4 Å². The molecule has 122 valence electrons. The van der Waals surface area contributed by atoms with Crippen LogP contribution in [0.2, 0.25) is 0 Å². The summed E-state index contributed by atoms with van der Waals surface area (Å²) in [6.07, 6.45) is 10.9. The molecule has 2 nitrogen and oxygen atoms in total. The van der Waals surface area contributed by atoms with Crippen LogP contribution in [-0.4, -0.2) is 11.2 Å². The molecule has 0 aromatic carbocycles. The van der Waals surface area contributed by atoms with Gasteiger partial charge in [0.05, 0.1) is 12.2 Å². The fourth-order valence-electron chi connectivity index (χ4n) is 7.39. The molecule has 0 radical (unpaired) electrons. The van der Waals surface area contributed by atoms with Crippen LogP contribution in [-0.2, 0) is 0 Å². The maximum absolute atomic E-state index is 10.1. The van der Waals surface area contributed by atoms with E-state index in [2.05, 4.69) is 19.9 Å². The summed E-state index contributed by atoms with van der Waals surface area (Å²) in [7, 11) is 0. The lowest BCUT2D eigenvalue weighted by atomic mass is 9.45. The summed E-state index contributed by atoms with van der Waals surface area (Å²) in [6.45, 7) is 5.02. The minimum Gasteiger partial charge on any atom is -0.393 e. The molecule has 0 unspecified atom stereocenters. The molecule has 8 atom stereocenters. The van der Waals surface area contributed by atoms with Crippen molar-refractivity contribution in [3.05, 3.63) is 0 Å². The van der Waals surface area contributed by atoms with Crippen molar-refractivity contribution in [3.8, 4) is 6.07 Å². The van der Waals surface area contributed by atoms with Crippen LogP contribution in [0.1, 0.15) is 71.6 Å². The molecule has 4 saturated carbocycles. The van der Waals surface area contributed by atoms with Gasteiger partial charge in [0.15, 0.2) is 0 Å². The number of aliphatic hydroxyl groups excluding tert-OH is 1. The monoisotopic (exact) mass is 301 g/mol. The van der Waals surface area contributed by atoms with Crippen molar-refractivity contribution in [2.45, 2.75) is 77.7 Å². The largest absolute Gasteiger partial charge is 0.393 e. The minimum atomic E-state index is -0.0436. The van der Waals surface area contributed by atoms with Crippen LogP contribution < -0.4 is 0 Å².